The second kappa shape index (κ2) is 7.42. The molecule has 0 aromatic carbocycles. The number of aromatic nitrogens is 3. The first-order valence-corrected chi connectivity index (χ1v) is 10.5. The third-order valence-electron chi connectivity index (χ3n) is 6.79. The van der Waals surface area contributed by atoms with E-state index in [0.29, 0.717) is 17.8 Å². The molecule has 0 unspecified atom stereocenters. The number of carbonyl (C=O) groups excluding carboxylic acids is 2. The molecule has 5 N–H and O–H groups in total. The van der Waals surface area contributed by atoms with E-state index in [1.807, 2.05) is 13.8 Å². The molecule has 4 bridgehead atoms. The Morgan fingerprint density at radius 2 is 1.55 bits per heavy atom. The molecule has 5 rings (SSSR count). The lowest BCUT2D eigenvalue weighted by molar-refractivity contribution is -0.156. The van der Waals surface area contributed by atoms with Crippen molar-refractivity contribution in [2.45, 2.75) is 65.0 Å². The van der Waals surface area contributed by atoms with Crippen LogP contribution < -0.4 is 16.8 Å². The molecule has 29 heavy (non-hydrogen) atoms. The second-order valence-electron chi connectivity index (χ2n) is 9.47. The standard InChI is InChI=1S/C20H30N6O3/c1-10(2)15(16(27)29-9-14-23-18(21)26-19(22)24-14)25-17(28)20-6-11-3-12(7-20)5-13(4-11)8-20/h10-13,15H,3-9H2,1-2H3,(H,25,28)(H4,21,22,23,24,26)/t11?,12?,13?,15-,20?/m1/s1. The van der Waals surface area contributed by atoms with Gasteiger partial charge in [-0.1, -0.05) is 13.8 Å². The van der Waals surface area contributed by atoms with Gasteiger partial charge in [-0.05, 0) is 62.2 Å². The smallest absolute Gasteiger partial charge is 0.329 e. The molecule has 0 spiro atoms. The Bertz CT molecular complexity index is 756. The Morgan fingerprint density at radius 3 is 2.03 bits per heavy atom. The molecule has 1 aromatic rings. The number of hydrogen-bond donors (Lipinski definition) is 3. The van der Waals surface area contributed by atoms with Gasteiger partial charge in [-0.15, -0.1) is 0 Å². The van der Waals surface area contributed by atoms with E-state index in [4.69, 9.17) is 16.2 Å². The maximum Gasteiger partial charge on any atom is 0.329 e. The number of nitrogens with zero attached hydrogens (tertiary/aromatic N) is 3. The molecule has 158 valence electrons. The van der Waals surface area contributed by atoms with Crippen LogP contribution in [0.5, 0.6) is 0 Å². The summed E-state index contributed by atoms with van der Waals surface area (Å²) >= 11 is 0. The van der Waals surface area contributed by atoms with Crippen LogP contribution in [0, 0.1) is 29.1 Å². The molecule has 0 saturated heterocycles. The minimum absolute atomic E-state index is 0.0147. The van der Waals surface area contributed by atoms with Crippen LogP contribution in [-0.2, 0) is 20.9 Å². The van der Waals surface area contributed by atoms with Crippen molar-refractivity contribution >= 4 is 23.8 Å². The first-order valence-electron chi connectivity index (χ1n) is 10.5. The van der Waals surface area contributed by atoms with Gasteiger partial charge in [0.05, 0.1) is 0 Å². The summed E-state index contributed by atoms with van der Waals surface area (Å²) in [4.78, 5) is 37.5. The number of anilines is 2. The van der Waals surface area contributed by atoms with E-state index in [0.717, 1.165) is 19.3 Å². The lowest BCUT2D eigenvalue weighted by atomic mass is 9.49. The number of carbonyl (C=O) groups is 2. The lowest BCUT2D eigenvalue weighted by Gasteiger charge is -2.55. The van der Waals surface area contributed by atoms with Crippen LogP contribution in [0.2, 0.25) is 0 Å². The van der Waals surface area contributed by atoms with Crippen LogP contribution in [-0.4, -0.2) is 32.9 Å². The average molecular weight is 402 g/mol. The molecule has 1 atom stereocenters. The highest BCUT2D eigenvalue weighted by Gasteiger charge is 2.55. The molecule has 9 heteroatoms. The number of amides is 1. The molecule has 4 aliphatic carbocycles. The Balaban J connectivity index is 1.41. The number of ether oxygens (including phenoxy) is 1. The van der Waals surface area contributed by atoms with Crippen molar-refractivity contribution in [3.63, 3.8) is 0 Å². The molecular weight excluding hydrogens is 372 g/mol. The van der Waals surface area contributed by atoms with Gasteiger partial charge < -0.3 is 21.5 Å². The minimum Gasteiger partial charge on any atom is -0.456 e. The Kier molecular flexibility index (Phi) is 5.08. The van der Waals surface area contributed by atoms with Crippen LogP contribution >= 0.6 is 0 Å². The van der Waals surface area contributed by atoms with Crippen molar-refractivity contribution in [3.8, 4) is 0 Å². The van der Waals surface area contributed by atoms with Crippen molar-refractivity contribution in [1.82, 2.24) is 20.3 Å². The predicted molar refractivity (Wildman–Crippen MR) is 106 cm³/mol. The Morgan fingerprint density at radius 1 is 1.03 bits per heavy atom. The zero-order chi connectivity index (χ0) is 20.8. The summed E-state index contributed by atoms with van der Waals surface area (Å²) in [7, 11) is 0. The molecule has 1 heterocycles. The number of nitrogens with two attached hydrogens (primary N) is 2. The van der Waals surface area contributed by atoms with Crippen LogP contribution in [0.3, 0.4) is 0 Å². The third-order valence-corrected chi connectivity index (χ3v) is 6.79. The molecule has 9 nitrogen and oxygen atoms in total. The Labute approximate surface area is 170 Å². The largest absolute Gasteiger partial charge is 0.456 e. The maximum absolute atomic E-state index is 13.3. The van der Waals surface area contributed by atoms with E-state index in [1.54, 1.807) is 0 Å². The van der Waals surface area contributed by atoms with Crippen molar-refractivity contribution in [2.24, 2.45) is 29.1 Å². The van der Waals surface area contributed by atoms with E-state index < -0.39 is 12.0 Å². The van der Waals surface area contributed by atoms with Gasteiger partial charge in [0.1, 0.15) is 6.04 Å². The van der Waals surface area contributed by atoms with Crippen LogP contribution in [0.1, 0.15) is 58.2 Å². The van der Waals surface area contributed by atoms with Crippen LogP contribution in [0.15, 0.2) is 0 Å². The van der Waals surface area contributed by atoms with Gasteiger partial charge in [0.2, 0.25) is 17.8 Å². The SMILES string of the molecule is CC(C)[C@@H](NC(=O)C12CC3CC(CC(C3)C1)C2)C(=O)OCc1nc(N)nc(N)n1. The van der Waals surface area contributed by atoms with E-state index in [2.05, 4.69) is 20.3 Å². The quantitative estimate of drug-likeness (QED) is 0.606. The monoisotopic (exact) mass is 402 g/mol. The van der Waals surface area contributed by atoms with Gasteiger partial charge in [-0.25, -0.2) is 4.79 Å². The van der Waals surface area contributed by atoms with Gasteiger partial charge in [-0.2, -0.15) is 15.0 Å². The zero-order valence-corrected chi connectivity index (χ0v) is 17.1. The van der Waals surface area contributed by atoms with Crippen LogP contribution in [0.25, 0.3) is 0 Å². The lowest BCUT2D eigenvalue weighted by Crippen LogP contribution is -2.57. The highest BCUT2D eigenvalue weighted by atomic mass is 16.5. The van der Waals surface area contributed by atoms with Crippen molar-refractivity contribution in [2.75, 3.05) is 11.5 Å². The summed E-state index contributed by atoms with van der Waals surface area (Å²) in [5.41, 5.74) is 10.8. The summed E-state index contributed by atoms with van der Waals surface area (Å²) in [6.45, 7) is 3.61. The minimum atomic E-state index is -0.716. The van der Waals surface area contributed by atoms with E-state index >= 15 is 0 Å². The summed E-state index contributed by atoms with van der Waals surface area (Å²) in [5.74, 6) is 1.52. The van der Waals surface area contributed by atoms with Gasteiger partial charge in [0.15, 0.2) is 12.4 Å². The molecule has 1 aromatic heterocycles. The third kappa shape index (κ3) is 4.00. The topological polar surface area (TPSA) is 146 Å². The average Bonchev–Trinajstić information content (AvgIpc) is 2.61. The fourth-order valence-electron chi connectivity index (χ4n) is 5.93. The van der Waals surface area contributed by atoms with Crippen molar-refractivity contribution in [3.05, 3.63) is 5.82 Å². The maximum atomic E-state index is 13.3. The number of nitrogens with one attached hydrogen (secondary N) is 1. The van der Waals surface area contributed by atoms with E-state index in [1.165, 1.54) is 19.3 Å². The fourth-order valence-corrected chi connectivity index (χ4v) is 5.93. The summed E-state index contributed by atoms with van der Waals surface area (Å²) in [6.07, 6.45) is 6.65. The second-order valence-corrected chi connectivity index (χ2v) is 9.47. The highest BCUT2D eigenvalue weighted by molar-refractivity contribution is 5.88. The summed E-state index contributed by atoms with van der Waals surface area (Å²) in [6, 6.07) is -0.716. The molecule has 0 radical (unpaired) electrons. The molecule has 4 fully saturated rings. The molecule has 1 amide bonds. The number of nitrogen functional groups attached to an aromatic ring is 2. The predicted octanol–water partition coefficient (Wildman–Crippen LogP) is 1.44. The number of esters is 1. The molecule has 0 aliphatic heterocycles. The first-order chi connectivity index (χ1) is 13.7. The van der Waals surface area contributed by atoms with E-state index in [-0.39, 0.29) is 41.6 Å². The molecule has 4 aliphatic rings. The Hall–Kier alpha value is -2.45. The fraction of sp³-hybridized carbons (Fsp3) is 0.750. The van der Waals surface area contributed by atoms with Crippen molar-refractivity contribution in [1.29, 1.82) is 0 Å². The normalized spacial score (nSPS) is 30.9. The van der Waals surface area contributed by atoms with Gasteiger partial charge >= 0.3 is 5.97 Å². The van der Waals surface area contributed by atoms with Crippen molar-refractivity contribution < 1.29 is 14.3 Å². The first kappa shape index (κ1) is 19.8. The molecular formula is C20H30N6O3. The van der Waals surface area contributed by atoms with Gasteiger partial charge in [0.25, 0.3) is 0 Å². The van der Waals surface area contributed by atoms with Crippen LogP contribution in [0.4, 0.5) is 11.9 Å². The molecule has 4 saturated carbocycles. The zero-order valence-electron chi connectivity index (χ0n) is 17.1. The highest BCUT2D eigenvalue weighted by Crippen LogP contribution is 2.60. The van der Waals surface area contributed by atoms with E-state index in [9.17, 15) is 9.59 Å². The summed E-state index contributed by atoms with van der Waals surface area (Å²) < 4.78 is 5.36. The van der Waals surface area contributed by atoms with Gasteiger partial charge in [0, 0.05) is 5.41 Å². The number of hydrogen-bond acceptors (Lipinski definition) is 8. The summed E-state index contributed by atoms with van der Waals surface area (Å²) in [5, 5.41) is 3.02. The number of rotatable bonds is 6. The van der Waals surface area contributed by atoms with Gasteiger partial charge in [-0.3, -0.25) is 4.79 Å².